The van der Waals surface area contributed by atoms with Gasteiger partial charge in [0.25, 0.3) is 0 Å². The van der Waals surface area contributed by atoms with Gasteiger partial charge in [-0.15, -0.1) is 0 Å². The summed E-state index contributed by atoms with van der Waals surface area (Å²) in [6, 6.07) is 9.54. The van der Waals surface area contributed by atoms with Crippen LogP contribution in [0.15, 0.2) is 24.3 Å². The lowest BCUT2D eigenvalue weighted by atomic mass is 9.93. The molecule has 19 heavy (non-hydrogen) atoms. The third kappa shape index (κ3) is 2.69. The Labute approximate surface area is 116 Å². The SMILES string of the molecule is CCCc1cccc(C(N)C2CN3CCN2CC3)c1. The van der Waals surface area contributed by atoms with Gasteiger partial charge >= 0.3 is 0 Å². The highest BCUT2D eigenvalue weighted by molar-refractivity contribution is 5.27. The fourth-order valence-corrected chi connectivity index (χ4v) is 3.47. The van der Waals surface area contributed by atoms with Gasteiger partial charge in [-0.1, -0.05) is 37.6 Å². The van der Waals surface area contributed by atoms with E-state index in [4.69, 9.17) is 5.73 Å². The molecule has 0 aliphatic carbocycles. The molecule has 2 unspecified atom stereocenters. The van der Waals surface area contributed by atoms with E-state index in [9.17, 15) is 0 Å². The quantitative estimate of drug-likeness (QED) is 0.892. The molecule has 0 amide bonds. The summed E-state index contributed by atoms with van der Waals surface area (Å²) in [7, 11) is 0. The molecule has 0 spiro atoms. The lowest BCUT2D eigenvalue weighted by molar-refractivity contribution is 0.00214. The van der Waals surface area contributed by atoms with Gasteiger partial charge in [-0.2, -0.15) is 0 Å². The van der Waals surface area contributed by atoms with E-state index in [0.717, 1.165) is 13.0 Å². The van der Waals surface area contributed by atoms with E-state index in [1.807, 2.05) is 0 Å². The smallest absolute Gasteiger partial charge is 0.0465 e. The zero-order valence-corrected chi connectivity index (χ0v) is 11.9. The third-order valence-electron chi connectivity index (χ3n) is 4.61. The first-order valence-corrected chi connectivity index (χ1v) is 7.58. The van der Waals surface area contributed by atoms with E-state index in [1.54, 1.807) is 0 Å². The number of fused-ring (bicyclic) bond motifs is 3. The fraction of sp³-hybridized carbons (Fsp3) is 0.625. The van der Waals surface area contributed by atoms with Crippen LogP contribution >= 0.6 is 0 Å². The summed E-state index contributed by atoms with van der Waals surface area (Å²) in [5, 5.41) is 0. The first-order chi connectivity index (χ1) is 9.28. The normalized spacial score (nSPS) is 31.4. The Kier molecular flexibility index (Phi) is 3.87. The Balaban J connectivity index is 1.76. The van der Waals surface area contributed by atoms with E-state index >= 15 is 0 Å². The van der Waals surface area contributed by atoms with Crippen molar-refractivity contribution in [1.82, 2.24) is 9.80 Å². The predicted octanol–water partition coefficient (Wildman–Crippen LogP) is 1.64. The Morgan fingerprint density at radius 2 is 2.05 bits per heavy atom. The van der Waals surface area contributed by atoms with Crippen molar-refractivity contribution in [3.63, 3.8) is 0 Å². The molecule has 1 aromatic carbocycles. The maximum atomic E-state index is 6.55. The average molecular weight is 259 g/mol. The molecule has 2 N–H and O–H groups in total. The van der Waals surface area contributed by atoms with Crippen molar-refractivity contribution < 1.29 is 0 Å². The number of aryl methyl sites for hydroxylation is 1. The van der Waals surface area contributed by atoms with Gasteiger partial charge < -0.3 is 5.73 Å². The second-order valence-electron chi connectivity index (χ2n) is 5.92. The van der Waals surface area contributed by atoms with Crippen LogP contribution in [0.2, 0.25) is 0 Å². The molecule has 0 radical (unpaired) electrons. The topological polar surface area (TPSA) is 32.5 Å². The van der Waals surface area contributed by atoms with Crippen LogP contribution in [-0.2, 0) is 6.42 Å². The minimum atomic E-state index is 0.153. The summed E-state index contributed by atoms with van der Waals surface area (Å²) >= 11 is 0. The minimum Gasteiger partial charge on any atom is -0.323 e. The maximum absolute atomic E-state index is 6.55. The number of rotatable bonds is 4. The standard InChI is InChI=1S/C16H25N3/c1-2-4-13-5-3-6-14(11-13)16(17)15-12-18-7-9-19(15)10-8-18/h3,5-6,11,15-16H,2,4,7-10,12,17H2,1H3. The molecule has 3 heteroatoms. The van der Waals surface area contributed by atoms with Crippen molar-refractivity contribution in [1.29, 1.82) is 0 Å². The summed E-state index contributed by atoms with van der Waals surface area (Å²) in [4.78, 5) is 5.14. The number of benzene rings is 1. The van der Waals surface area contributed by atoms with Gasteiger partial charge in [0, 0.05) is 44.8 Å². The number of nitrogens with zero attached hydrogens (tertiary/aromatic N) is 2. The number of piperazine rings is 3. The van der Waals surface area contributed by atoms with Crippen LogP contribution in [0.1, 0.15) is 30.5 Å². The van der Waals surface area contributed by atoms with Crippen molar-refractivity contribution in [2.45, 2.75) is 31.8 Å². The minimum absolute atomic E-state index is 0.153. The van der Waals surface area contributed by atoms with E-state index in [1.165, 1.54) is 43.7 Å². The maximum Gasteiger partial charge on any atom is 0.0465 e. The fourth-order valence-electron chi connectivity index (χ4n) is 3.47. The zero-order chi connectivity index (χ0) is 13.2. The monoisotopic (exact) mass is 259 g/mol. The van der Waals surface area contributed by atoms with Gasteiger partial charge in [-0.25, -0.2) is 0 Å². The predicted molar refractivity (Wildman–Crippen MR) is 79.2 cm³/mol. The Morgan fingerprint density at radius 3 is 2.68 bits per heavy atom. The molecule has 3 aliphatic heterocycles. The summed E-state index contributed by atoms with van der Waals surface area (Å²) in [6.45, 7) is 8.18. The second kappa shape index (κ2) is 5.61. The molecule has 3 nitrogen and oxygen atoms in total. The van der Waals surface area contributed by atoms with Crippen LogP contribution in [0.3, 0.4) is 0 Å². The molecule has 3 heterocycles. The van der Waals surface area contributed by atoms with Gasteiger partial charge in [0.2, 0.25) is 0 Å². The van der Waals surface area contributed by atoms with Crippen molar-refractivity contribution in [3.8, 4) is 0 Å². The number of hydrogen-bond acceptors (Lipinski definition) is 3. The van der Waals surface area contributed by atoms with Gasteiger partial charge in [0.15, 0.2) is 0 Å². The molecule has 4 rings (SSSR count). The summed E-state index contributed by atoms with van der Waals surface area (Å²) in [5.74, 6) is 0. The lowest BCUT2D eigenvalue weighted by Crippen LogP contribution is -2.63. The van der Waals surface area contributed by atoms with E-state index in [-0.39, 0.29) is 6.04 Å². The van der Waals surface area contributed by atoms with E-state index in [2.05, 4.69) is 41.0 Å². The van der Waals surface area contributed by atoms with Crippen LogP contribution in [0.25, 0.3) is 0 Å². The van der Waals surface area contributed by atoms with Crippen molar-refractivity contribution >= 4 is 0 Å². The molecule has 3 aliphatic rings. The molecule has 2 bridgehead atoms. The first-order valence-electron chi connectivity index (χ1n) is 7.58. The van der Waals surface area contributed by atoms with Crippen LogP contribution in [0.4, 0.5) is 0 Å². The third-order valence-corrected chi connectivity index (χ3v) is 4.61. The molecule has 1 aromatic rings. The van der Waals surface area contributed by atoms with Crippen molar-refractivity contribution in [3.05, 3.63) is 35.4 Å². The molecule has 104 valence electrons. The summed E-state index contributed by atoms with van der Waals surface area (Å²) in [5.41, 5.74) is 9.29. The molecule has 2 atom stereocenters. The highest BCUT2D eigenvalue weighted by Crippen LogP contribution is 2.26. The lowest BCUT2D eigenvalue weighted by Gasteiger charge is -2.49. The van der Waals surface area contributed by atoms with Crippen molar-refractivity contribution in [2.24, 2.45) is 5.73 Å². The zero-order valence-electron chi connectivity index (χ0n) is 11.9. The average Bonchev–Trinajstić information content (AvgIpc) is 2.48. The number of nitrogens with two attached hydrogens (primary N) is 1. The Morgan fingerprint density at radius 1 is 1.26 bits per heavy atom. The van der Waals surface area contributed by atoms with Crippen LogP contribution in [0.5, 0.6) is 0 Å². The van der Waals surface area contributed by atoms with Gasteiger partial charge in [0.05, 0.1) is 0 Å². The van der Waals surface area contributed by atoms with Crippen molar-refractivity contribution in [2.75, 3.05) is 32.7 Å². The van der Waals surface area contributed by atoms with Gasteiger partial charge in [0.1, 0.15) is 0 Å². The van der Waals surface area contributed by atoms with Crippen LogP contribution in [0, 0.1) is 0 Å². The highest BCUT2D eigenvalue weighted by Gasteiger charge is 2.35. The first kappa shape index (κ1) is 13.1. The Hall–Kier alpha value is -0.900. The van der Waals surface area contributed by atoms with E-state index < -0.39 is 0 Å². The molecule has 3 saturated heterocycles. The highest BCUT2D eigenvalue weighted by atomic mass is 15.3. The van der Waals surface area contributed by atoms with Gasteiger partial charge in [-0.05, 0) is 17.5 Å². The molecular weight excluding hydrogens is 234 g/mol. The van der Waals surface area contributed by atoms with Crippen LogP contribution < -0.4 is 5.73 Å². The molecule has 0 aromatic heterocycles. The molecule has 0 saturated carbocycles. The summed E-state index contributed by atoms with van der Waals surface area (Å²) < 4.78 is 0. The second-order valence-corrected chi connectivity index (χ2v) is 5.92. The Bertz CT molecular complexity index is 424. The molecular formula is C16H25N3. The largest absolute Gasteiger partial charge is 0.323 e. The van der Waals surface area contributed by atoms with E-state index in [0.29, 0.717) is 6.04 Å². The molecule has 3 fully saturated rings. The number of hydrogen-bond donors (Lipinski definition) is 1. The van der Waals surface area contributed by atoms with Gasteiger partial charge in [-0.3, -0.25) is 9.80 Å². The van der Waals surface area contributed by atoms with Crippen LogP contribution in [-0.4, -0.2) is 48.6 Å². The summed E-state index contributed by atoms with van der Waals surface area (Å²) in [6.07, 6.45) is 2.35.